The fourth-order valence-corrected chi connectivity index (χ4v) is 1.66. The number of hydrogen-bond donors (Lipinski definition) is 1. The summed E-state index contributed by atoms with van der Waals surface area (Å²) in [5, 5.41) is 8.07. The standard InChI is InChI=1S/C10H9N3S/c1-2-9-10(14-13-12-9)11-8-6-4-3-5-7-8/h2-7,11H,1H2. The van der Waals surface area contributed by atoms with Crippen molar-refractivity contribution in [3.8, 4) is 0 Å². The Bertz CT molecular complexity index is 422. The normalized spacial score (nSPS) is 9.71. The Labute approximate surface area is 86.3 Å². The van der Waals surface area contributed by atoms with Gasteiger partial charge in [-0.15, -0.1) is 5.10 Å². The number of anilines is 2. The topological polar surface area (TPSA) is 37.8 Å². The van der Waals surface area contributed by atoms with Crippen LogP contribution < -0.4 is 5.32 Å². The van der Waals surface area contributed by atoms with Crippen molar-refractivity contribution in [2.45, 2.75) is 0 Å². The van der Waals surface area contributed by atoms with Crippen LogP contribution in [0, 0.1) is 0 Å². The Balaban J connectivity index is 2.23. The van der Waals surface area contributed by atoms with E-state index in [-0.39, 0.29) is 0 Å². The highest BCUT2D eigenvalue weighted by molar-refractivity contribution is 7.10. The smallest absolute Gasteiger partial charge is 0.141 e. The van der Waals surface area contributed by atoms with Crippen molar-refractivity contribution in [1.82, 2.24) is 9.59 Å². The van der Waals surface area contributed by atoms with Crippen LogP contribution in [-0.4, -0.2) is 9.59 Å². The SMILES string of the molecule is C=Cc1nnsc1Nc1ccccc1. The van der Waals surface area contributed by atoms with Crippen molar-refractivity contribution >= 4 is 28.3 Å². The first-order chi connectivity index (χ1) is 6.90. The third-order valence-corrected chi connectivity index (χ3v) is 2.40. The molecule has 1 heterocycles. The van der Waals surface area contributed by atoms with Gasteiger partial charge in [-0.1, -0.05) is 29.3 Å². The van der Waals surface area contributed by atoms with Gasteiger partial charge in [0.1, 0.15) is 10.7 Å². The van der Waals surface area contributed by atoms with Gasteiger partial charge in [0.25, 0.3) is 0 Å². The summed E-state index contributed by atoms with van der Waals surface area (Å²) in [7, 11) is 0. The second-order valence-electron chi connectivity index (χ2n) is 2.68. The van der Waals surface area contributed by atoms with E-state index in [0.717, 1.165) is 16.4 Å². The third kappa shape index (κ3) is 1.80. The first-order valence-electron chi connectivity index (χ1n) is 4.17. The van der Waals surface area contributed by atoms with E-state index >= 15 is 0 Å². The predicted octanol–water partition coefficient (Wildman–Crippen LogP) is 2.92. The number of benzene rings is 1. The van der Waals surface area contributed by atoms with E-state index in [4.69, 9.17) is 0 Å². The van der Waals surface area contributed by atoms with E-state index in [0.29, 0.717) is 0 Å². The number of para-hydroxylation sites is 1. The lowest BCUT2D eigenvalue weighted by molar-refractivity contribution is 1.14. The Morgan fingerprint density at radius 1 is 1.29 bits per heavy atom. The van der Waals surface area contributed by atoms with Crippen molar-refractivity contribution in [3.63, 3.8) is 0 Å². The van der Waals surface area contributed by atoms with Crippen LogP contribution in [0.25, 0.3) is 6.08 Å². The van der Waals surface area contributed by atoms with Crippen LogP contribution in [0.5, 0.6) is 0 Å². The van der Waals surface area contributed by atoms with Crippen LogP contribution in [0.4, 0.5) is 10.7 Å². The van der Waals surface area contributed by atoms with Gasteiger partial charge in [0.05, 0.1) is 0 Å². The molecular formula is C10H9N3S. The molecule has 0 radical (unpaired) electrons. The zero-order valence-electron chi connectivity index (χ0n) is 7.47. The summed E-state index contributed by atoms with van der Waals surface area (Å²) in [6, 6.07) is 9.92. The molecule has 0 fully saturated rings. The fraction of sp³-hybridized carbons (Fsp3) is 0. The molecular weight excluding hydrogens is 194 g/mol. The second kappa shape index (κ2) is 4.02. The van der Waals surface area contributed by atoms with E-state index in [9.17, 15) is 0 Å². The molecule has 2 aromatic rings. The van der Waals surface area contributed by atoms with Gasteiger partial charge in [-0.25, -0.2) is 0 Å². The Morgan fingerprint density at radius 3 is 2.79 bits per heavy atom. The lowest BCUT2D eigenvalue weighted by Crippen LogP contribution is -1.88. The zero-order chi connectivity index (χ0) is 9.80. The molecule has 4 heteroatoms. The van der Waals surface area contributed by atoms with E-state index in [1.807, 2.05) is 30.3 Å². The molecule has 0 aliphatic carbocycles. The highest BCUT2D eigenvalue weighted by atomic mass is 32.1. The van der Waals surface area contributed by atoms with Gasteiger partial charge in [0.2, 0.25) is 0 Å². The average Bonchev–Trinajstić information content (AvgIpc) is 2.67. The Morgan fingerprint density at radius 2 is 2.07 bits per heavy atom. The summed E-state index contributed by atoms with van der Waals surface area (Å²) in [4.78, 5) is 0. The third-order valence-electron chi connectivity index (χ3n) is 1.74. The first-order valence-corrected chi connectivity index (χ1v) is 4.94. The van der Waals surface area contributed by atoms with Crippen molar-refractivity contribution in [2.75, 3.05) is 5.32 Å². The van der Waals surface area contributed by atoms with Crippen LogP contribution >= 0.6 is 11.5 Å². The molecule has 0 unspecified atom stereocenters. The maximum Gasteiger partial charge on any atom is 0.141 e. The zero-order valence-corrected chi connectivity index (χ0v) is 8.29. The number of nitrogens with zero attached hydrogens (tertiary/aromatic N) is 2. The van der Waals surface area contributed by atoms with E-state index in [1.165, 1.54) is 11.5 Å². The molecule has 3 nitrogen and oxygen atoms in total. The van der Waals surface area contributed by atoms with Crippen LogP contribution in [-0.2, 0) is 0 Å². The molecule has 0 bridgehead atoms. The molecule has 0 aliphatic heterocycles. The fourth-order valence-electron chi connectivity index (χ4n) is 1.07. The monoisotopic (exact) mass is 203 g/mol. The summed E-state index contributed by atoms with van der Waals surface area (Å²) in [6.45, 7) is 3.67. The van der Waals surface area contributed by atoms with Crippen LogP contribution in [0.2, 0.25) is 0 Å². The largest absolute Gasteiger partial charge is 0.344 e. The molecule has 1 aromatic heterocycles. The minimum atomic E-state index is 0.791. The molecule has 1 N–H and O–H groups in total. The van der Waals surface area contributed by atoms with Crippen molar-refractivity contribution in [2.24, 2.45) is 0 Å². The minimum Gasteiger partial charge on any atom is -0.344 e. The van der Waals surface area contributed by atoms with Crippen molar-refractivity contribution < 1.29 is 0 Å². The quantitative estimate of drug-likeness (QED) is 0.833. The lowest BCUT2D eigenvalue weighted by Gasteiger charge is -2.01. The average molecular weight is 203 g/mol. The van der Waals surface area contributed by atoms with Crippen LogP contribution in [0.3, 0.4) is 0 Å². The summed E-state index contributed by atoms with van der Waals surface area (Å²) in [6.07, 6.45) is 1.69. The predicted molar refractivity (Wildman–Crippen MR) is 59.7 cm³/mol. The van der Waals surface area contributed by atoms with E-state index in [1.54, 1.807) is 6.08 Å². The minimum absolute atomic E-state index is 0.791. The molecule has 1 aromatic carbocycles. The number of hydrogen-bond acceptors (Lipinski definition) is 4. The molecule has 0 aliphatic rings. The van der Waals surface area contributed by atoms with Crippen molar-refractivity contribution in [3.05, 3.63) is 42.6 Å². The van der Waals surface area contributed by atoms with Gasteiger partial charge in [-0.2, -0.15) is 0 Å². The number of aromatic nitrogens is 2. The molecule has 0 spiro atoms. The molecule has 0 saturated carbocycles. The summed E-state index contributed by atoms with van der Waals surface area (Å²) >= 11 is 1.33. The van der Waals surface area contributed by atoms with Crippen LogP contribution in [0.1, 0.15) is 5.69 Å². The van der Waals surface area contributed by atoms with Gasteiger partial charge in [0.15, 0.2) is 0 Å². The maximum absolute atomic E-state index is 3.92. The van der Waals surface area contributed by atoms with Gasteiger partial charge >= 0.3 is 0 Å². The Hall–Kier alpha value is -1.68. The maximum atomic E-state index is 3.92. The molecule has 0 atom stereocenters. The highest BCUT2D eigenvalue weighted by Gasteiger charge is 2.03. The summed E-state index contributed by atoms with van der Waals surface area (Å²) < 4.78 is 3.85. The van der Waals surface area contributed by atoms with Gasteiger partial charge < -0.3 is 5.32 Å². The number of nitrogens with one attached hydrogen (secondary N) is 1. The van der Waals surface area contributed by atoms with Crippen molar-refractivity contribution in [1.29, 1.82) is 0 Å². The number of rotatable bonds is 3. The lowest BCUT2D eigenvalue weighted by atomic mass is 10.3. The summed E-state index contributed by atoms with van der Waals surface area (Å²) in [5.41, 5.74) is 1.82. The highest BCUT2D eigenvalue weighted by Crippen LogP contribution is 2.23. The molecule has 0 amide bonds. The molecule has 70 valence electrons. The van der Waals surface area contributed by atoms with Gasteiger partial charge in [-0.05, 0) is 18.2 Å². The van der Waals surface area contributed by atoms with Gasteiger partial charge in [-0.3, -0.25) is 0 Å². The Kier molecular flexibility index (Phi) is 2.55. The second-order valence-corrected chi connectivity index (χ2v) is 3.44. The van der Waals surface area contributed by atoms with E-state index < -0.39 is 0 Å². The summed E-state index contributed by atoms with van der Waals surface area (Å²) in [5.74, 6) is 0. The first kappa shape index (κ1) is 8.90. The van der Waals surface area contributed by atoms with Gasteiger partial charge in [0, 0.05) is 17.2 Å². The van der Waals surface area contributed by atoms with Crippen LogP contribution in [0.15, 0.2) is 36.9 Å². The van der Waals surface area contributed by atoms with E-state index in [2.05, 4.69) is 21.5 Å². The molecule has 14 heavy (non-hydrogen) atoms. The molecule has 0 saturated heterocycles. The molecule has 2 rings (SSSR count).